The van der Waals surface area contributed by atoms with Gasteiger partial charge >= 0.3 is 0 Å². The third-order valence-corrected chi connectivity index (χ3v) is 4.79. The van der Waals surface area contributed by atoms with Crippen molar-refractivity contribution in [1.29, 1.82) is 0 Å². The molecule has 1 aliphatic heterocycles. The first-order valence-electron chi connectivity index (χ1n) is 7.39. The molecule has 0 radical (unpaired) electrons. The molecule has 1 fully saturated rings. The molecule has 1 heterocycles. The van der Waals surface area contributed by atoms with E-state index in [1.807, 2.05) is 18.2 Å². The van der Waals surface area contributed by atoms with Crippen LogP contribution in [0.3, 0.4) is 0 Å². The Labute approximate surface area is 117 Å². The molecule has 1 unspecified atom stereocenters. The number of piperidine rings is 1. The van der Waals surface area contributed by atoms with Crippen LogP contribution < -0.4 is 4.90 Å². The standard InChI is InChI=1S/C17H27NO/c1-13-12-18(16(3,4)5)14(2)11-17(13,19)15-9-7-6-8-10-15/h6-10,13-14,19H,11-12H2,1-5H3/p+1/t13-,14-,17+/m0/s1. The molecule has 2 N–H and O–H groups in total. The van der Waals surface area contributed by atoms with Crippen molar-refractivity contribution in [2.24, 2.45) is 5.92 Å². The zero-order valence-electron chi connectivity index (χ0n) is 12.9. The molecule has 1 aromatic carbocycles. The quantitative estimate of drug-likeness (QED) is 0.795. The molecule has 0 aliphatic carbocycles. The molecular weight excluding hydrogens is 234 g/mol. The zero-order chi connectivity index (χ0) is 14.3. The summed E-state index contributed by atoms with van der Waals surface area (Å²) in [6, 6.07) is 10.6. The van der Waals surface area contributed by atoms with Crippen LogP contribution in [0.1, 0.15) is 46.6 Å². The number of nitrogens with one attached hydrogen (secondary N) is 1. The Morgan fingerprint density at radius 1 is 1.16 bits per heavy atom. The lowest BCUT2D eigenvalue weighted by molar-refractivity contribution is -0.978. The van der Waals surface area contributed by atoms with Gasteiger partial charge in [0.2, 0.25) is 0 Å². The van der Waals surface area contributed by atoms with Gasteiger partial charge in [-0.25, -0.2) is 0 Å². The van der Waals surface area contributed by atoms with Gasteiger partial charge in [-0.3, -0.25) is 0 Å². The van der Waals surface area contributed by atoms with Gasteiger partial charge in [0, 0.05) is 12.3 Å². The third-order valence-electron chi connectivity index (χ3n) is 4.79. The van der Waals surface area contributed by atoms with Gasteiger partial charge in [0.1, 0.15) is 5.60 Å². The maximum absolute atomic E-state index is 11.2. The normalized spacial score (nSPS) is 36.2. The highest BCUT2D eigenvalue weighted by atomic mass is 16.3. The molecule has 1 saturated heterocycles. The van der Waals surface area contributed by atoms with Crippen LogP contribution in [-0.4, -0.2) is 23.2 Å². The fraction of sp³-hybridized carbons (Fsp3) is 0.647. The highest BCUT2D eigenvalue weighted by molar-refractivity contribution is 5.23. The van der Waals surface area contributed by atoms with Gasteiger partial charge in [0.25, 0.3) is 0 Å². The minimum absolute atomic E-state index is 0.242. The number of quaternary nitrogens is 1. The van der Waals surface area contributed by atoms with Crippen molar-refractivity contribution in [2.45, 2.75) is 58.2 Å². The van der Waals surface area contributed by atoms with Gasteiger partial charge in [0.15, 0.2) is 0 Å². The van der Waals surface area contributed by atoms with Crippen LogP contribution in [0.4, 0.5) is 0 Å². The Balaban J connectivity index is 2.28. The second kappa shape index (κ2) is 4.92. The van der Waals surface area contributed by atoms with E-state index in [4.69, 9.17) is 0 Å². The van der Waals surface area contributed by atoms with Gasteiger partial charge in [-0.2, -0.15) is 0 Å². The topological polar surface area (TPSA) is 24.7 Å². The largest absolute Gasteiger partial charge is 0.384 e. The lowest BCUT2D eigenvalue weighted by Crippen LogP contribution is -3.23. The average molecular weight is 262 g/mol. The van der Waals surface area contributed by atoms with Gasteiger partial charge in [0.05, 0.1) is 18.1 Å². The monoisotopic (exact) mass is 262 g/mol. The van der Waals surface area contributed by atoms with Crippen LogP contribution in [0.25, 0.3) is 0 Å². The highest BCUT2D eigenvalue weighted by Crippen LogP contribution is 2.35. The van der Waals surface area contributed by atoms with E-state index < -0.39 is 5.60 Å². The molecule has 19 heavy (non-hydrogen) atoms. The summed E-state index contributed by atoms with van der Waals surface area (Å²) in [7, 11) is 0. The smallest absolute Gasteiger partial charge is 0.103 e. The van der Waals surface area contributed by atoms with Crippen LogP contribution >= 0.6 is 0 Å². The number of aliphatic hydroxyl groups is 1. The molecule has 0 spiro atoms. The van der Waals surface area contributed by atoms with Crippen LogP contribution in [0, 0.1) is 5.92 Å². The number of benzene rings is 1. The summed E-state index contributed by atoms with van der Waals surface area (Å²) in [5.41, 5.74) is 0.642. The lowest BCUT2D eigenvalue weighted by Gasteiger charge is -2.49. The Morgan fingerprint density at radius 3 is 2.26 bits per heavy atom. The number of hydrogen-bond donors (Lipinski definition) is 2. The van der Waals surface area contributed by atoms with Gasteiger partial charge < -0.3 is 10.0 Å². The minimum Gasteiger partial charge on any atom is -0.384 e. The maximum atomic E-state index is 11.2. The Hall–Kier alpha value is -0.860. The summed E-state index contributed by atoms with van der Waals surface area (Å²) in [4.78, 5) is 1.60. The number of hydrogen-bond acceptors (Lipinski definition) is 1. The van der Waals surface area contributed by atoms with Crippen molar-refractivity contribution in [3.05, 3.63) is 35.9 Å². The van der Waals surface area contributed by atoms with Crippen molar-refractivity contribution in [3.8, 4) is 0 Å². The second-order valence-corrected chi connectivity index (χ2v) is 7.28. The van der Waals surface area contributed by atoms with E-state index >= 15 is 0 Å². The van der Waals surface area contributed by atoms with Gasteiger partial charge in [-0.15, -0.1) is 0 Å². The van der Waals surface area contributed by atoms with E-state index in [-0.39, 0.29) is 11.5 Å². The van der Waals surface area contributed by atoms with Crippen LogP contribution in [-0.2, 0) is 5.60 Å². The summed E-state index contributed by atoms with van der Waals surface area (Å²) in [6.07, 6.45) is 0.838. The molecule has 0 amide bonds. The maximum Gasteiger partial charge on any atom is 0.103 e. The van der Waals surface area contributed by atoms with E-state index in [1.165, 1.54) is 0 Å². The minimum atomic E-state index is -0.671. The number of likely N-dealkylation sites (tertiary alicyclic amines) is 1. The second-order valence-electron chi connectivity index (χ2n) is 7.28. The van der Waals surface area contributed by atoms with E-state index in [0.29, 0.717) is 6.04 Å². The fourth-order valence-corrected chi connectivity index (χ4v) is 3.67. The molecule has 2 nitrogen and oxygen atoms in total. The molecule has 1 aliphatic rings. The lowest BCUT2D eigenvalue weighted by atomic mass is 9.73. The van der Waals surface area contributed by atoms with Crippen molar-refractivity contribution >= 4 is 0 Å². The summed E-state index contributed by atoms with van der Waals surface area (Å²) in [6.45, 7) is 12.3. The summed E-state index contributed by atoms with van der Waals surface area (Å²) >= 11 is 0. The molecule has 4 atom stereocenters. The van der Waals surface area contributed by atoms with Gasteiger partial charge in [-0.1, -0.05) is 37.3 Å². The average Bonchev–Trinajstić information content (AvgIpc) is 2.33. The predicted molar refractivity (Wildman–Crippen MR) is 79.2 cm³/mol. The first kappa shape index (κ1) is 14.5. The Morgan fingerprint density at radius 2 is 1.74 bits per heavy atom. The zero-order valence-corrected chi connectivity index (χ0v) is 12.9. The predicted octanol–water partition coefficient (Wildman–Crippen LogP) is 1.99. The van der Waals surface area contributed by atoms with Crippen LogP contribution in [0.15, 0.2) is 30.3 Å². The Kier molecular flexibility index (Phi) is 3.76. The molecule has 106 valence electrons. The highest BCUT2D eigenvalue weighted by Gasteiger charge is 2.48. The third kappa shape index (κ3) is 2.70. The first-order chi connectivity index (χ1) is 8.75. The molecule has 1 aromatic rings. The summed E-state index contributed by atoms with van der Waals surface area (Å²) in [5.74, 6) is 0.278. The molecule has 2 heteroatoms. The van der Waals surface area contributed by atoms with E-state index in [9.17, 15) is 5.11 Å². The Bertz CT molecular complexity index is 423. The van der Waals surface area contributed by atoms with Gasteiger partial charge in [-0.05, 0) is 33.3 Å². The molecule has 2 rings (SSSR count). The molecular formula is C17H28NO+. The van der Waals surface area contributed by atoms with Crippen molar-refractivity contribution < 1.29 is 10.0 Å². The van der Waals surface area contributed by atoms with Crippen molar-refractivity contribution in [2.75, 3.05) is 6.54 Å². The van der Waals surface area contributed by atoms with E-state index in [2.05, 4.69) is 46.8 Å². The fourth-order valence-electron chi connectivity index (χ4n) is 3.67. The van der Waals surface area contributed by atoms with Crippen LogP contribution in [0.2, 0.25) is 0 Å². The first-order valence-corrected chi connectivity index (χ1v) is 7.39. The van der Waals surface area contributed by atoms with Crippen molar-refractivity contribution in [1.82, 2.24) is 0 Å². The molecule has 0 bridgehead atoms. The summed E-state index contributed by atoms with van der Waals surface area (Å²) in [5, 5.41) is 11.2. The molecule has 0 aromatic heterocycles. The van der Waals surface area contributed by atoms with E-state index in [0.717, 1.165) is 18.5 Å². The van der Waals surface area contributed by atoms with Crippen LogP contribution in [0.5, 0.6) is 0 Å². The van der Waals surface area contributed by atoms with Crippen molar-refractivity contribution in [3.63, 3.8) is 0 Å². The summed E-state index contributed by atoms with van der Waals surface area (Å²) < 4.78 is 0. The molecule has 0 saturated carbocycles. The number of rotatable bonds is 1. The SMILES string of the molecule is C[C@H]1C[C@](O)(c2ccccc2)[C@@H](C)C[NH+]1C(C)(C)C. The van der Waals surface area contributed by atoms with E-state index in [1.54, 1.807) is 4.90 Å².